The lowest BCUT2D eigenvalue weighted by atomic mass is 9.81. The monoisotopic (exact) mass is 818 g/mol. The minimum absolute atomic E-state index is 0.0135. The highest BCUT2D eigenvalue weighted by atomic mass is 32.3. The van der Waals surface area contributed by atoms with E-state index in [-0.39, 0.29) is 50.5 Å². The van der Waals surface area contributed by atoms with Gasteiger partial charge in [-0.05, 0) is 65.0 Å². The summed E-state index contributed by atoms with van der Waals surface area (Å²) in [5, 5.41) is 0. The van der Waals surface area contributed by atoms with Gasteiger partial charge in [0.15, 0.2) is 0 Å². The van der Waals surface area contributed by atoms with Gasteiger partial charge < -0.3 is 33.2 Å². The molecule has 2 fully saturated rings. The quantitative estimate of drug-likeness (QED) is 0.0815. The molecule has 2 aliphatic rings. The second-order valence-corrected chi connectivity index (χ2v) is 16.2. The zero-order chi connectivity index (χ0) is 40.7. The average Bonchev–Trinajstić information content (AvgIpc) is 3.50. The summed E-state index contributed by atoms with van der Waals surface area (Å²) in [5.41, 5.74) is 3.84. The van der Waals surface area contributed by atoms with Crippen molar-refractivity contribution < 1.29 is 50.3 Å². The van der Waals surface area contributed by atoms with Crippen LogP contribution in [0, 0.1) is 17.8 Å². The van der Waals surface area contributed by atoms with Crippen LogP contribution in [0.15, 0.2) is 115 Å². The summed E-state index contributed by atoms with van der Waals surface area (Å²) in [5.74, 6) is 1.45. The van der Waals surface area contributed by atoms with Gasteiger partial charge in [-0.2, -0.15) is 8.42 Å². The molecule has 1 saturated carbocycles. The maximum absolute atomic E-state index is 12.8. The third-order valence-corrected chi connectivity index (χ3v) is 11.9. The van der Waals surface area contributed by atoms with Crippen LogP contribution < -0.4 is 4.74 Å². The van der Waals surface area contributed by atoms with Gasteiger partial charge in [0, 0.05) is 0 Å². The number of ether oxygens (including phenoxy) is 7. The zero-order valence-corrected chi connectivity index (χ0v) is 34.5. The Labute approximate surface area is 343 Å². The molecule has 58 heavy (non-hydrogen) atoms. The number of benzene rings is 4. The lowest BCUT2D eigenvalue weighted by molar-refractivity contribution is -0.184. The maximum atomic E-state index is 12.8. The van der Waals surface area contributed by atoms with Crippen molar-refractivity contribution in [3.05, 3.63) is 138 Å². The van der Waals surface area contributed by atoms with Crippen molar-refractivity contribution in [2.45, 2.75) is 103 Å². The van der Waals surface area contributed by atoms with E-state index in [1.54, 1.807) is 7.11 Å². The van der Waals surface area contributed by atoms with E-state index in [4.69, 9.17) is 37.3 Å². The van der Waals surface area contributed by atoms with Gasteiger partial charge in [0.2, 0.25) is 0 Å². The molecule has 0 bridgehead atoms. The van der Waals surface area contributed by atoms with Crippen LogP contribution in [0.1, 0.15) is 61.8 Å². The Balaban J connectivity index is 1.28. The smallest absolute Gasteiger partial charge is 0.397 e. The maximum Gasteiger partial charge on any atom is 0.397 e. The number of rotatable bonds is 21. The molecule has 4 aromatic rings. The summed E-state index contributed by atoms with van der Waals surface area (Å²) >= 11 is 0. The molecule has 11 nitrogen and oxygen atoms in total. The number of hydrogen-bond acceptors (Lipinski definition) is 10. The van der Waals surface area contributed by atoms with Crippen LogP contribution in [0.5, 0.6) is 5.75 Å². The Morgan fingerprint density at radius 2 is 1.26 bits per heavy atom. The lowest BCUT2D eigenvalue weighted by Gasteiger charge is -2.36. The van der Waals surface area contributed by atoms with Crippen molar-refractivity contribution in [1.29, 1.82) is 0 Å². The zero-order valence-electron chi connectivity index (χ0n) is 33.7. The van der Waals surface area contributed by atoms with Gasteiger partial charge >= 0.3 is 10.4 Å². The van der Waals surface area contributed by atoms with Gasteiger partial charge in [-0.25, -0.2) is 4.18 Å². The first-order valence-corrected chi connectivity index (χ1v) is 21.7. The molecule has 1 aliphatic heterocycles. The molecule has 4 aromatic carbocycles. The molecule has 0 aromatic heterocycles. The van der Waals surface area contributed by atoms with Crippen LogP contribution >= 0.6 is 0 Å². The molecule has 314 valence electrons. The highest BCUT2D eigenvalue weighted by Crippen LogP contribution is 2.46. The lowest BCUT2D eigenvalue weighted by Crippen LogP contribution is -2.53. The third-order valence-electron chi connectivity index (χ3n) is 11.4. The minimum atomic E-state index is -4.99. The Hall–Kier alpha value is -3.69. The van der Waals surface area contributed by atoms with E-state index in [0.717, 1.165) is 47.3 Å². The first-order chi connectivity index (χ1) is 28.2. The van der Waals surface area contributed by atoms with Crippen molar-refractivity contribution in [2.75, 3.05) is 20.5 Å². The Morgan fingerprint density at radius 3 is 1.84 bits per heavy atom. The first-order valence-electron chi connectivity index (χ1n) is 20.3. The minimum Gasteiger partial charge on any atom is -0.497 e. The van der Waals surface area contributed by atoms with Crippen LogP contribution in [0.25, 0.3) is 0 Å². The van der Waals surface area contributed by atoms with E-state index in [9.17, 15) is 13.0 Å². The molecular formula is C46H58O11S. The molecule has 1 unspecified atom stereocenters. The predicted octanol–water partition coefficient (Wildman–Crippen LogP) is 8.36. The fraction of sp³-hybridized carbons (Fsp3) is 0.478. The summed E-state index contributed by atoms with van der Waals surface area (Å²) in [7, 11) is -3.34. The van der Waals surface area contributed by atoms with Crippen molar-refractivity contribution in [2.24, 2.45) is 17.8 Å². The van der Waals surface area contributed by atoms with Crippen molar-refractivity contribution in [3.63, 3.8) is 0 Å². The Kier molecular flexibility index (Phi) is 16.7. The highest BCUT2D eigenvalue weighted by molar-refractivity contribution is 7.80. The normalized spacial score (nSPS) is 25.6. The van der Waals surface area contributed by atoms with Crippen LogP contribution in [-0.4, -0.2) is 70.1 Å². The summed E-state index contributed by atoms with van der Waals surface area (Å²) < 4.78 is 85.8. The molecule has 6 rings (SSSR count). The van der Waals surface area contributed by atoms with Gasteiger partial charge in [-0.3, -0.25) is 4.55 Å². The average molecular weight is 819 g/mol. The van der Waals surface area contributed by atoms with Gasteiger partial charge in [0.25, 0.3) is 0 Å². The largest absolute Gasteiger partial charge is 0.497 e. The molecule has 1 saturated heterocycles. The molecule has 0 spiro atoms. The Bertz CT molecular complexity index is 1860. The molecular weight excluding hydrogens is 761 g/mol. The second kappa shape index (κ2) is 22.1. The van der Waals surface area contributed by atoms with Crippen molar-refractivity contribution >= 4 is 10.4 Å². The van der Waals surface area contributed by atoms with E-state index >= 15 is 0 Å². The van der Waals surface area contributed by atoms with Gasteiger partial charge in [0.05, 0.1) is 52.4 Å². The van der Waals surface area contributed by atoms with E-state index in [1.165, 1.54) is 0 Å². The van der Waals surface area contributed by atoms with Crippen LogP contribution in [0.3, 0.4) is 0 Å². The number of methoxy groups -OCH3 is 1. The predicted molar refractivity (Wildman–Crippen MR) is 219 cm³/mol. The van der Waals surface area contributed by atoms with Crippen LogP contribution in [0.2, 0.25) is 0 Å². The van der Waals surface area contributed by atoms with E-state index in [0.29, 0.717) is 19.6 Å². The third kappa shape index (κ3) is 12.7. The summed E-state index contributed by atoms with van der Waals surface area (Å²) in [6, 6.07) is 37.0. The topological polar surface area (TPSA) is 128 Å². The highest BCUT2D eigenvalue weighted by Gasteiger charge is 2.50. The van der Waals surface area contributed by atoms with Crippen LogP contribution in [0.4, 0.5) is 0 Å². The molecule has 0 amide bonds. The van der Waals surface area contributed by atoms with E-state index in [2.05, 4.69) is 13.8 Å². The summed E-state index contributed by atoms with van der Waals surface area (Å²) in [6.07, 6.45) is -1.87. The molecule has 0 radical (unpaired) electrons. The van der Waals surface area contributed by atoms with E-state index < -0.39 is 40.9 Å². The van der Waals surface area contributed by atoms with E-state index in [1.807, 2.05) is 115 Å². The van der Waals surface area contributed by atoms with Crippen molar-refractivity contribution in [3.8, 4) is 5.75 Å². The van der Waals surface area contributed by atoms with Gasteiger partial charge in [-0.1, -0.05) is 130 Å². The SMILES string of the molecule is CC[C@H]1[C@H](OCc2ccc(OC)cc2)CC(C[C@H]2OCO[C@H]([C@@H](COCc3ccccc3)OCc3ccccc3)[C@@H](OCc3ccccc3)[C@@H]2OS(=O)(=O)O)[C@@H]1CC. The molecule has 1 N–H and O–H groups in total. The number of hydrogen-bond donors (Lipinski definition) is 1. The first kappa shape index (κ1) is 43.9. The van der Waals surface area contributed by atoms with Crippen molar-refractivity contribution in [1.82, 2.24) is 0 Å². The Morgan fingerprint density at radius 1 is 0.690 bits per heavy atom. The standard InChI is InChI=1S/C46H58O11S/c1-4-39-37(25-41(40(39)5-2)52-29-36-21-23-38(50-3)24-22-36)26-42-45(57-58(47,48)49)46(54-30-35-19-13-8-14-20-35)44(56-32-55-42)43(53-28-34-17-11-7-12-18-34)31-51-27-33-15-9-6-10-16-33/h6-24,37,39-46H,4-5,25-32H2,1-3H3,(H,47,48,49)/t37?,39-,40+,41+,42+,43+,44+,45+,46+/m0/s1. The second-order valence-electron chi connectivity index (χ2n) is 15.1. The molecule has 9 atom stereocenters. The fourth-order valence-electron chi connectivity index (χ4n) is 8.57. The fourth-order valence-corrected chi connectivity index (χ4v) is 9.09. The van der Waals surface area contributed by atoms with Gasteiger partial charge in [-0.15, -0.1) is 0 Å². The molecule has 12 heteroatoms. The van der Waals surface area contributed by atoms with Crippen LogP contribution in [-0.2, 0) is 69.4 Å². The van der Waals surface area contributed by atoms with Gasteiger partial charge in [0.1, 0.15) is 37.0 Å². The molecule has 1 heterocycles. The summed E-state index contributed by atoms with van der Waals surface area (Å²) in [4.78, 5) is 0. The molecule has 1 aliphatic carbocycles. The summed E-state index contributed by atoms with van der Waals surface area (Å²) in [6.45, 7) is 5.40.